The average molecular weight is 385 g/mol. The molecular formula is C16H14Cl2N2O3S. The number of halogens is 2. The molecule has 1 aliphatic rings. The summed E-state index contributed by atoms with van der Waals surface area (Å²) < 4.78 is 27.4. The summed E-state index contributed by atoms with van der Waals surface area (Å²) in [6, 6.07) is 10.8. The Bertz CT molecular complexity index is 900. The molecular weight excluding hydrogens is 371 g/mol. The average Bonchev–Trinajstić information content (AvgIpc) is 2.96. The second kappa shape index (κ2) is 6.63. The molecule has 1 fully saturated rings. The van der Waals surface area contributed by atoms with Crippen molar-refractivity contribution in [3.05, 3.63) is 52.5 Å². The third-order valence-electron chi connectivity index (χ3n) is 3.68. The number of hydrogen-bond donors (Lipinski definition) is 1. The maximum absolute atomic E-state index is 12.5. The smallest absolute Gasteiger partial charge is 0.261 e. The van der Waals surface area contributed by atoms with Gasteiger partial charge < -0.3 is 4.90 Å². The van der Waals surface area contributed by atoms with Crippen LogP contribution in [0.25, 0.3) is 0 Å². The summed E-state index contributed by atoms with van der Waals surface area (Å²) in [6.07, 6.45) is 1.32. The number of carbonyl (C=O) groups excluding carboxylic acids is 1. The van der Waals surface area contributed by atoms with Crippen molar-refractivity contribution >= 4 is 50.5 Å². The van der Waals surface area contributed by atoms with Crippen LogP contribution >= 0.6 is 23.2 Å². The zero-order chi connectivity index (χ0) is 17.3. The molecule has 1 N–H and O–H groups in total. The number of sulfonamides is 1. The number of rotatable bonds is 4. The third-order valence-corrected chi connectivity index (χ3v) is 5.80. The van der Waals surface area contributed by atoms with E-state index in [1.165, 1.54) is 18.2 Å². The van der Waals surface area contributed by atoms with Crippen molar-refractivity contribution in [1.29, 1.82) is 0 Å². The third kappa shape index (κ3) is 3.50. The second-order valence-electron chi connectivity index (χ2n) is 5.38. The molecule has 3 rings (SSSR count). The van der Waals surface area contributed by atoms with Crippen LogP contribution in [0.15, 0.2) is 47.4 Å². The minimum absolute atomic E-state index is 0.0135. The van der Waals surface area contributed by atoms with E-state index in [4.69, 9.17) is 23.2 Å². The number of anilines is 2. The number of nitrogens with zero attached hydrogens (tertiary/aromatic N) is 1. The van der Waals surface area contributed by atoms with Gasteiger partial charge in [0, 0.05) is 18.7 Å². The molecule has 0 unspecified atom stereocenters. The van der Waals surface area contributed by atoms with E-state index in [1.807, 2.05) is 0 Å². The molecule has 0 bridgehead atoms. The molecule has 24 heavy (non-hydrogen) atoms. The summed E-state index contributed by atoms with van der Waals surface area (Å²) in [5, 5.41) is 0.445. The van der Waals surface area contributed by atoms with Crippen molar-refractivity contribution in [2.45, 2.75) is 17.7 Å². The Labute approximate surface area is 150 Å². The van der Waals surface area contributed by atoms with Gasteiger partial charge in [-0.15, -0.1) is 0 Å². The van der Waals surface area contributed by atoms with Gasteiger partial charge in [-0.25, -0.2) is 8.42 Å². The Morgan fingerprint density at radius 1 is 1.04 bits per heavy atom. The fourth-order valence-corrected chi connectivity index (χ4v) is 3.95. The lowest BCUT2D eigenvalue weighted by Gasteiger charge is -2.17. The van der Waals surface area contributed by atoms with E-state index in [9.17, 15) is 13.2 Å². The highest BCUT2D eigenvalue weighted by atomic mass is 35.5. The minimum Gasteiger partial charge on any atom is -0.312 e. The molecule has 1 aliphatic heterocycles. The number of carbonyl (C=O) groups is 1. The number of amides is 1. The van der Waals surface area contributed by atoms with Crippen LogP contribution in [0.2, 0.25) is 10.0 Å². The first-order chi connectivity index (χ1) is 11.4. The van der Waals surface area contributed by atoms with E-state index < -0.39 is 10.0 Å². The van der Waals surface area contributed by atoms with E-state index in [0.717, 1.165) is 6.42 Å². The summed E-state index contributed by atoms with van der Waals surface area (Å²) in [4.78, 5) is 13.5. The molecule has 5 nitrogen and oxygen atoms in total. The van der Waals surface area contributed by atoms with Crippen molar-refractivity contribution in [1.82, 2.24) is 0 Å². The van der Waals surface area contributed by atoms with Crippen LogP contribution in [-0.2, 0) is 14.8 Å². The zero-order valence-corrected chi connectivity index (χ0v) is 14.8. The van der Waals surface area contributed by atoms with Gasteiger partial charge in [0.1, 0.15) is 0 Å². The van der Waals surface area contributed by atoms with Gasteiger partial charge in [-0.1, -0.05) is 29.3 Å². The maximum atomic E-state index is 12.5. The van der Waals surface area contributed by atoms with Crippen molar-refractivity contribution in [3.8, 4) is 0 Å². The molecule has 1 amide bonds. The summed E-state index contributed by atoms with van der Waals surface area (Å²) in [5.74, 6) is 0.0412. The first-order valence-electron chi connectivity index (χ1n) is 7.25. The van der Waals surface area contributed by atoms with Gasteiger partial charge in [0.2, 0.25) is 5.91 Å². The topological polar surface area (TPSA) is 66.5 Å². The van der Waals surface area contributed by atoms with Crippen molar-refractivity contribution in [2.24, 2.45) is 0 Å². The monoisotopic (exact) mass is 384 g/mol. The van der Waals surface area contributed by atoms with Gasteiger partial charge in [0.25, 0.3) is 10.0 Å². The quantitative estimate of drug-likeness (QED) is 0.868. The van der Waals surface area contributed by atoms with Crippen LogP contribution in [-0.4, -0.2) is 20.9 Å². The van der Waals surface area contributed by atoms with Crippen LogP contribution < -0.4 is 9.62 Å². The molecule has 126 valence electrons. The Hall–Kier alpha value is -1.76. The number of benzene rings is 2. The van der Waals surface area contributed by atoms with Gasteiger partial charge in [-0.3, -0.25) is 9.52 Å². The Kier molecular flexibility index (Phi) is 4.71. The Balaban J connectivity index is 1.87. The number of nitrogens with one attached hydrogen (secondary N) is 1. The molecule has 1 saturated heterocycles. The number of hydrogen-bond acceptors (Lipinski definition) is 3. The molecule has 1 heterocycles. The van der Waals surface area contributed by atoms with Crippen LogP contribution in [0.5, 0.6) is 0 Å². The molecule has 0 aliphatic carbocycles. The summed E-state index contributed by atoms with van der Waals surface area (Å²) >= 11 is 11.7. The van der Waals surface area contributed by atoms with E-state index in [0.29, 0.717) is 24.3 Å². The Morgan fingerprint density at radius 3 is 2.50 bits per heavy atom. The second-order valence-corrected chi connectivity index (χ2v) is 7.88. The normalized spacial score (nSPS) is 14.9. The molecule has 0 radical (unpaired) electrons. The van der Waals surface area contributed by atoms with Gasteiger partial charge in [0.15, 0.2) is 0 Å². The molecule has 0 saturated carbocycles. The van der Waals surface area contributed by atoms with E-state index in [1.54, 1.807) is 29.2 Å². The van der Waals surface area contributed by atoms with E-state index in [-0.39, 0.29) is 20.8 Å². The fourth-order valence-electron chi connectivity index (χ4n) is 2.52. The van der Waals surface area contributed by atoms with Crippen LogP contribution in [0.1, 0.15) is 12.8 Å². The van der Waals surface area contributed by atoms with Gasteiger partial charge in [-0.2, -0.15) is 0 Å². The maximum Gasteiger partial charge on any atom is 0.261 e. The lowest BCUT2D eigenvalue weighted by Crippen LogP contribution is -2.23. The summed E-state index contributed by atoms with van der Waals surface area (Å²) in [7, 11) is -3.80. The van der Waals surface area contributed by atoms with Gasteiger partial charge in [-0.05, 0) is 42.8 Å². The highest BCUT2D eigenvalue weighted by Crippen LogP contribution is 2.28. The SMILES string of the molecule is O=C1CCCN1c1cccc(NS(=O)(=O)c2ccc(Cl)c(Cl)c2)c1. The minimum atomic E-state index is -3.80. The first-order valence-corrected chi connectivity index (χ1v) is 9.49. The first kappa shape index (κ1) is 17.1. The molecule has 0 atom stereocenters. The molecule has 8 heteroatoms. The molecule has 0 aromatic heterocycles. The molecule has 2 aromatic carbocycles. The Morgan fingerprint density at radius 2 is 1.83 bits per heavy atom. The predicted molar refractivity (Wildman–Crippen MR) is 95.3 cm³/mol. The molecule has 0 spiro atoms. The lowest BCUT2D eigenvalue weighted by molar-refractivity contribution is -0.117. The van der Waals surface area contributed by atoms with Crippen molar-refractivity contribution in [2.75, 3.05) is 16.2 Å². The highest BCUT2D eigenvalue weighted by molar-refractivity contribution is 7.92. The highest BCUT2D eigenvalue weighted by Gasteiger charge is 2.22. The van der Waals surface area contributed by atoms with Crippen molar-refractivity contribution < 1.29 is 13.2 Å². The van der Waals surface area contributed by atoms with Crippen LogP contribution in [0, 0.1) is 0 Å². The van der Waals surface area contributed by atoms with Crippen LogP contribution in [0.3, 0.4) is 0 Å². The lowest BCUT2D eigenvalue weighted by atomic mass is 10.2. The van der Waals surface area contributed by atoms with E-state index in [2.05, 4.69) is 4.72 Å². The summed E-state index contributed by atoms with van der Waals surface area (Å²) in [5.41, 5.74) is 1.05. The van der Waals surface area contributed by atoms with E-state index >= 15 is 0 Å². The van der Waals surface area contributed by atoms with Crippen molar-refractivity contribution in [3.63, 3.8) is 0 Å². The zero-order valence-electron chi connectivity index (χ0n) is 12.5. The van der Waals surface area contributed by atoms with Gasteiger partial charge in [0.05, 0.1) is 20.6 Å². The fraction of sp³-hybridized carbons (Fsp3) is 0.188. The standard InChI is InChI=1S/C16H14Cl2N2O3S/c17-14-7-6-13(10-15(14)18)24(22,23)19-11-3-1-4-12(9-11)20-8-2-5-16(20)21/h1,3-4,6-7,9-10,19H,2,5,8H2. The van der Waals surface area contributed by atoms with Gasteiger partial charge >= 0.3 is 0 Å². The summed E-state index contributed by atoms with van der Waals surface area (Å²) in [6.45, 7) is 0.641. The largest absolute Gasteiger partial charge is 0.312 e. The molecule has 2 aromatic rings. The predicted octanol–water partition coefficient (Wildman–Crippen LogP) is 3.92. The van der Waals surface area contributed by atoms with Crippen LogP contribution in [0.4, 0.5) is 11.4 Å².